The maximum absolute atomic E-state index is 12.1. The lowest BCUT2D eigenvalue weighted by Gasteiger charge is -2.38. The second-order valence-corrected chi connectivity index (χ2v) is 6.81. The first-order valence-corrected chi connectivity index (χ1v) is 7.85. The maximum atomic E-state index is 12.1. The first kappa shape index (κ1) is 15.6. The first-order valence-electron chi connectivity index (χ1n) is 7.85. The Bertz CT molecular complexity index is 333. The number of piperidine rings is 1. The van der Waals surface area contributed by atoms with Crippen molar-refractivity contribution in [2.75, 3.05) is 45.9 Å². The van der Waals surface area contributed by atoms with Crippen LogP contribution in [0.25, 0.3) is 0 Å². The fraction of sp³-hybridized carbons (Fsp3) is 0.933. The number of morpholine rings is 1. The summed E-state index contributed by atoms with van der Waals surface area (Å²) in [6.45, 7) is 12.4. The van der Waals surface area contributed by atoms with Crippen LogP contribution in [0.5, 0.6) is 0 Å². The molecule has 0 aliphatic carbocycles. The Balaban J connectivity index is 1.67. The number of amides is 2. The second kappa shape index (κ2) is 6.76. The monoisotopic (exact) mass is 283 g/mol. The van der Waals surface area contributed by atoms with Crippen LogP contribution < -0.4 is 5.32 Å². The Morgan fingerprint density at radius 1 is 1.40 bits per heavy atom. The van der Waals surface area contributed by atoms with Crippen molar-refractivity contribution >= 4 is 6.03 Å². The molecule has 0 aromatic carbocycles. The number of carbonyl (C=O) groups is 1. The summed E-state index contributed by atoms with van der Waals surface area (Å²) in [6, 6.07) is 0.0476. The second-order valence-electron chi connectivity index (χ2n) is 6.81. The van der Waals surface area contributed by atoms with Crippen LogP contribution in [0, 0.1) is 5.92 Å². The summed E-state index contributed by atoms with van der Waals surface area (Å²) in [4.78, 5) is 16.5. The normalized spacial score (nSPS) is 27.4. The van der Waals surface area contributed by atoms with Crippen molar-refractivity contribution < 1.29 is 9.53 Å². The van der Waals surface area contributed by atoms with Crippen molar-refractivity contribution in [1.29, 1.82) is 0 Å². The predicted molar refractivity (Wildman–Crippen MR) is 79.8 cm³/mol. The summed E-state index contributed by atoms with van der Waals surface area (Å²) in [5.41, 5.74) is -0.224. The largest absolute Gasteiger partial charge is 0.372 e. The molecule has 0 bridgehead atoms. The fourth-order valence-corrected chi connectivity index (χ4v) is 3.11. The Hall–Kier alpha value is -0.810. The van der Waals surface area contributed by atoms with Gasteiger partial charge in [0.1, 0.15) is 0 Å². The van der Waals surface area contributed by atoms with E-state index in [4.69, 9.17) is 4.74 Å². The van der Waals surface area contributed by atoms with Gasteiger partial charge in [-0.05, 0) is 39.2 Å². The van der Waals surface area contributed by atoms with Crippen molar-refractivity contribution in [2.45, 2.75) is 39.2 Å². The molecule has 20 heavy (non-hydrogen) atoms. The van der Waals surface area contributed by atoms with Crippen molar-refractivity contribution in [3.05, 3.63) is 0 Å². The van der Waals surface area contributed by atoms with Crippen LogP contribution in [-0.4, -0.2) is 67.3 Å². The van der Waals surface area contributed by atoms with Crippen LogP contribution in [-0.2, 0) is 4.74 Å². The minimum atomic E-state index is -0.224. The van der Waals surface area contributed by atoms with Crippen molar-refractivity contribution in [2.24, 2.45) is 5.92 Å². The van der Waals surface area contributed by atoms with E-state index in [0.29, 0.717) is 19.7 Å². The minimum Gasteiger partial charge on any atom is -0.372 e. The lowest BCUT2D eigenvalue weighted by atomic mass is 10.0. The molecule has 2 amide bonds. The summed E-state index contributed by atoms with van der Waals surface area (Å²) < 4.78 is 5.63. The third-order valence-corrected chi connectivity index (χ3v) is 4.16. The number of carbonyl (C=O) groups excluding carboxylic acids is 1. The molecule has 0 aromatic rings. The Morgan fingerprint density at radius 2 is 2.20 bits per heavy atom. The van der Waals surface area contributed by atoms with E-state index in [-0.39, 0.29) is 11.6 Å². The van der Waals surface area contributed by atoms with Gasteiger partial charge in [0.05, 0.1) is 18.8 Å². The molecule has 2 saturated heterocycles. The summed E-state index contributed by atoms with van der Waals surface area (Å²) >= 11 is 0. The van der Waals surface area contributed by atoms with Gasteiger partial charge in [-0.25, -0.2) is 4.79 Å². The Labute approximate surface area is 122 Å². The first-order chi connectivity index (χ1) is 9.46. The van der Waals surface area contributed by atoms with Crippen LogP contribution >= 0.6 is 0 Å². The van der Waals surface area contributed by atoms with Gasteiger partial charge in [0, 0.05) is 26.2 Å². The van der Waals surface area contributed by atoms with Crippen molar-refractivity contribution in [3.63, 3.8) is 0 Å². The molecule has 1 unspecified atom stereocenters. The number of likely N-dealkylation sites (tertiary alicyclic amines) is 1. The Kier molecular flexibility index (Phi) is 5.27. The summed E-state index contributed by atoms with van der Waals surface area (Å²) in [5, 5.41) is 3.04. The number of ether oxygens (including phenoxy) is 1. The third kappa shape index (κ3) is 4.63. The molecule has 116 valence electrons. The van der Waals surface area contributed by atoms with Gasteiger partial charge >= 0.3 is 6.03 Å². The number of hydrogen-bond acceptors (Lipinski definition) is 3. The number of urea groups is 1. The average molecular weight is 283 g/mol. The molecule has 0 saturated carbocycles. The molecule has 0 radical (unpaired) electrons. The Morgan fingerprint density at radius 3 is 2.90 bits per heavy atom. The van der Waals surface area contributed by atoms with Gasteiger partial charge < -0.3 is 19.9 Å². The molecule has 2 aliphatic heterocycles. The van der Waals surface area contributed by atoms with E-state index in [1.165, 1.54) is 25.9 Å². The van der Waals surface area contributed by atoms with Gasteiger partial charge in [-0.3, -0.25) is 0 Å². The molecule has 0 aromatic heterocycles. The number of nitrogens with zero attached hydrogens (tertiary/aromatic N) is 2. The summed E-state index contributed by atoms with van der Waals surface area (Å²) in [6.07, 6.45) is 2.62. The van der Waals surface area contributed by atoms with E-state index in [2.05, 4.69) is 17.1 Å². The van der Waals surface area contributed by atoms with Crippen LogP contribution in [0.3, 0.4) is 0 Å². The maximum Gasteiger partial charge on any atom is 0.317 e. The molecule has 5 nitrogen and oxygen atoms in total. The van der Waals surface area contributed by atoms with Gasteiger partial charge in [-0.2, -0.15) is 0 Å². The molecular formula is C15H29N3O2. The zero-order valence-corrected chi connectivity index (χ0v) is 13.2. The smallest absolute Gasteiger partial charge is 0.317 e. The lowest BCUT2D eigenvalue weighted by Crippen LogP contribution is -2.54. The molecule has 2 aliphatic rings. The molecular weight excluding hydrogens is 254 g/mol. The number of hydrogen-bond donors (Lipinski definition) is 1. The highest BCUT2D eigenvalue weighted by Gasteiger charge is 2.29. The third-order valence-electron chi connectivity index (χ3n) is 4.16. The van der Waals surface area contributed by atoms with E-state index in [1.807, 2.05) is 18.7 Å². The molecule has 2 fully saturated rings. The topological polar surface area (TPSA) is 44.8 Å². The van der Waals surface area contributed by atoms with E-state index in [0.717, 1.165) is 19.0 Å². The lowest BCUT2D eigenvalue weighted by molar-refractivity contribution is -0.0733. The quantitative estimate of drug-likeness (QED) is 0.854. The number of nitrogens with one attached hydrogen (secondary N) is 1. The molecule has 5 heteroatoms. The van der Waals surface area contributed by atoms with Crippen LogP contribution in [0.4, 0.5) is 4.79 Å². The van der Waals surface area contributed by atoms with Crippen LogP contribution in [0.15, 0.2) is 0 Å². The standard InChI is InChI=1S/C15H29N3O2/c1-13-5-4-7-17(11-13)8-6-16-14(19)18-9-10-20-15(2,3)12-18/h13H,4-12H2,1-3H3,(H,16,19). The van der Waals surface area contributed by atoms with E-state index in [9.17, 15) is 4.79 Å². The van der Waals surface area contributed by atoms with Gasteiger partial charge in [-0.15, -0.1) is 0 Å². The molecule has 2 heterocycles. The number of rotatable bonds is 3. The van der Waals surface area contributed by atoms with E-state index in [1.54, 1.807) is 0 Å². The van der Waals surface area contributed by atoms with E-state index < -0.39 is 0 Å². The fourth-order valence-electron chi connectivity index (χ4n) is 3.11. The predicted octanol–water partition coefficient (Wildman–Crippen LogP) is 1.54. The molecule has 2 rings (SSSR count). The van der Waals surface area contributed by atoms with E-state index >= 15 is 0 Å². The van der Waals surface area contributed by atoms with Gasteiger partial charge in [0.25, 0.3) is 0 Å². The zero-order chi connectivity index (χ0) is 14.6. The highest BCUT2D eigenvalue weighted by atomic mass is 16.5. The summed E-state index contributed by atoms with van der Waals surface area (Å²) in [5.74, 6) is 0.791. The summed E-state index contributed by atoms with van der Waals surface area (Å²) in [7, 11) is 0. The minimum absolute atomic E-state index is 0.0476. The van der Waals surface area contributed by atoms with Gasteiger partial charge in [0.15, 0.2) is 0 Å². The van der Waals surface area contributed by atoms with Gasteiger partial charge in [-0.1, -0.05) is 6.92 Å². The molecule has 1 N–H and O–H groups in total. The highest BCUT2D eigenvalue weighted by Crippen LogP contribution is 2.16. The van der Waals surface area contributed by atoms with Crippen molar-refractivity contribution in [3.8, 4) is 0 Å². The van der Waals surface area contributed by atoms with Crippen LogP contribution in [0.1, 0.15) is 33.6 Å². The molecule has 0 spiro atoms. The highest BCUT2D eigenvalue weighted by molar-refractivity contribution is 5.74. The SMILES string of the molecule is CC1CCCN(CCNC(=O)N2CCOC(C)(C)C2)C1. The van der Waals surface area contributed by atoms with Crippen molar-refractivity contribution in [1.82, 2.24) is 15.1 Å². The molecule has 1 atom stereocenters. The average Bonchev–Trinajstić information content (AvgIpc) is 2.37. The van der Waals surface area contributed by atoms with Crippen LogP contribution in [0.2, 0.25) is 0 Å². The zero-order valence-electron chi connectivity index (χ0n) is 13.2. The van der Waals surface area contributed by atoms with Gasteiger partial charge in [0.2, 0.25) is 0 Å².